The van der Waals surface area contributed by atoms with Gasteiger partial charge in [-0.05, 0) is 31.0 Å². The maximum Gasteiger partial charge on any atom is 0.231 e. The normalized spacial score (nSPS) is 12.3. The van der Waals surface area contributed by atoms with E-state index in [1.165, 1.54) is 0 Å². The lowest BCUT2D eigenvalue weighted by atomic mass is 10.3. The Morgan fingerprint density at radius 3 is 2.65 bits per heavy atom. The second kappa shape index (κ2) is 7.17. The van der Waals surface area contributed by atoms with E-state index in [0.717, 1.165) is 48.9 Å². The SMILES string of the molecule is CCCN(CCC)c1ccnc(Nc2ccc3c(c2)OCO3)n1. The van der Waals surface area contributed by atoms with Crippen LogP contribution in [-0.2, 0) is 0 Å². The maximum atomic E-state index is 5.39. The number of nitrogens with zero attached hydrogens (tertiary/aromatic N) is 3. The van der Waals surface area contributed by atoms with Crippen molar-refractivity contribution in [2.45, 2.75) is 26.7 Å². The predicted molar refractivity (Wildman–Crippen MR) is 90.7 cm³/mol. The molecule has 0 aliphatic carbocycles. The van der Waals surface area contributed by atoms with Gasteiger partial charge in [0.25, 0.3) is 0 Å². The molecule has 2 aromatic rings. The molecule has 0 saturated carbocycles. The molecule has 0 spiro atoms. The van der Waals surface area contributed by atoms with Crippen molar-refractivity contribution in [1.82, 2.24) is 9.97 Å². The Bertz CT molecular complexity index is 657. The predicted octanol–water partition coefficient (Wildman–Crippen LogP) is 3.58. The number of hydrogen-bond acceptors (Lipinski definition) is 6. The quantitative estimate of drug-likeness (QED) is 0.843. The summed E-state index contributed by atoms with van der Waals surface area (Å²) in [6.45, 7) is 6.61. The van der Waals surface area contributed by atoms with E-state index >= 15 is 0 Å². The highest BCUT2D eigenvalue weighted by molar-refractivity contribution is 5.61. The second-order valence-corrected chi connectivity index (χ2v) is 5.42. The van der Waals surface area contributed by atoms with Crippen LogP contribution in [0.3, 0.4) is 0 Å². The van der Waals surface area contributed by atoms with Gasteiger partial charge in [0.1, 0.15) is 5.82 Å². The van der Waals surface area contributed by atoms with E-state index in [1.54, 1.807) is 6.20 Å². The summed E-state index contributed by atoms with van der Waals surface area (Å²) in [6, 6.07) is 7.67. The molecule has 6 nitrogen and oxygen atoms in total. The van der Waals surface area contributed by atoms with E-state index in [2.05, 4.69) is 34.0 Å². The third-order valence-electron chi connectivity index (χ3n) is 3.58. The molecule has 0 amide bonds. The van der Waals surface area contributed by atoms with Crippen molar-refractivity contribution in [3.8, 4) is 11.5 Å². The number of ether oxygens (including phenoxy) is 2. The third kappa shape index (κ3) is 3.64. The number of fused-ring (bicyclic) bond motifs is 1. The van der Waals surface area contributed by atoms with E-state index in [1.807, 2.05) is 24.3 Å². The van der Waals surface area contributed by atoms with Crippen LogP contribution in [0.15, 0.2) is 30.5 Å². The fraction of sp³-hybridized carbons (Fsp3) is 0.412. The van der Waals surface area contributed by atoms with Crippen LogP contribution in [0.1, 0.15) is 26.7 Å². The summed E-state index contributed by atoms with van der Waals surface area (Å²) in [6.07, 6.45) is 3.97. The molecule has 1 aromatic heterocycles. The Morgan fingerprint density at radius 2 is 1.87 bits per heavy atom. The summed E-state index contributed by atoms with van der Waals surface area (Å²) in [4.78, 5) is 11.2. The summed E-state index contributed by atoms with van der Waals surface area (Å²) >= 11 is 0. The lowest BCUT2D eigenvalue weighted by Crippen LogP contribution is -2.26. The van der Waals surface area contributed by atoms with Crippen LogP contribution < -0.4 is 19.7 Å². The van der Waals surface area contributed by atoms with Crippen LogP contribution in [0.2, 0.25) is 0 Å². The Kier molecular flexibility index (Phi) is 4.80. The van der Waals surface area contributed by atoms with Crippen LogP contribution in [-0.4, -0.2) is 29.9 Å². The van der Waals surface area contributed by atoms with E-state index < -0.39 is 0 Å². The molecule has 1 aliphatic rings. The molecular weight excluding hydrogens is 292 g/mol. The molecule has 0 saturated heterocycles. The van der Waals surface area contributed by atoms with Crippen LogP contribution >= 0.6 is 0 Å². The van der Waals surface area contributed by atoms with E-state index in [9.17, 15) is 0 Å². The van der Waals surface area contributed by atoms with Gasteiger partial charge < -0.3 is 19.7 Å². The molecule has 6 heteroatoms. The summed E-state index contributed by atoms with van der Waals surface area (Å²) in [5.74, 6) is 3.04. The Balaban J connectivity index is 1.76. The Morgan fingerprint density at radius 1 is 1.09 bits per heavy atom. The van der Waals surface area contributed by atoms with Gasteiger partial charge in [0.2, 0.25) is 12.7 Å². The monoisotopic (exact) mass is 314 g/mol. The first-order chi connectivity index (χ1) is 11.3. The van der Waals surface area contributed by atoms with E-state index in [-0.39, 0.29) is 6.79 Å². The third-order valence-corrected chi connectivity index (χ3v) is 3.58. The van der Waals surface area contributed by atoms with Gasteiger partial charge in [-0.25, -0.2) is 4.98 Å². The van der Waals surface area contributed by atoms with Gasteiger partial charge in [0, 0.05) is 31.0 Å². The van der Waals surface area contributed by atoms with E-state index in [0.29, 0.717) is 5.95 Å². The van der Waals surface area contributed by atoms with Crippen LogP contribution in [0, 0.1) is 0 Å². The first-order valence-corrected chi connectivity index (χ1v) is 8.04. The van der Waals surface area contributed by atoms with Crippen LogP contribution in [0.5, 0.6) is 11.5 Å². The molecule has 0 unspecified atom stereocenters. The molecule has 0 atom stereocenters. The lowest BCUT2D eigenvalue weighted by molar-refractivity contribution is 0.174. The fourth-order valence-corrected chi connectivity index (χ4v) is 2.57. The highest BCUT2D eigenvalue weighted by Crippen LogP contribution is 2.34. The van der Waals surface area contributed by atoms with Gasteiger partial charge in [0.05, 0.1) is 0 Å². The second-order valence-electron chi connectivity index (χ2n) is 5.42. The lowest BCUT2D eigenvalue weighted by Gasteiger charge is -2.22. The fourth-order valence-electron chi connectivity index (χ4n) is 2.57. The minimum absolute atomic E-state index is 0.272. The Labute approximate surface area is 136 Å². The smallest absolute Gasteiger partial charge is 0.231 e. The first-order valence-electron chi connectivity index (χ1n) is 8.04. The summed E-state index contributed by atoms with van der Waals surface area (Å²) in [5.41, 5.74) is 0.879. The van der Waals surface area contributed by atoms with Crippen molar-refractivity contribution >= 4 is 17.5 Å². The number of hydrogen-bond donors (Lipinski definition) is 1. The van der Waals surface area contributed by atoms with Crippen molar-refractivity contribution in [2.75, 3.05) is 30.1 Å². The molecule has 0 radical (unpaired) electrons. The number of benzene rings is 1. The molecule has 0 fully saturated rings. The van der Waals surface area contributed by atoms with Crippen LogP contribution in [0.25, 0.3) is 0 Å². The number of anilines is 3. The largest absolute Gasteiger partial charge is 0.454 e. The number of rotatable bonds is 7. The minimum Gasteiger partial charge on any atom is -0.454 e. The zero-order valence-corrected chi connectivity index (χ0v) is 13.6. The summed E-state index contributed by atoms with van der Waals surface area (Å²) < 4.78 is 10.7. The zero-order chi connectivity index (χ0) is 16.1. The summed E-state index contributed by atoms with van der Waals surface area (Å²) in [7, 11) is 0. The van der Waals surface area contributed by atoms with Crippen molar-refractivity contribution in [3.63, 3.8) is 0 Å². The summed E-state index contributed by atoms with van der Waals surface area (Å²) in [5, 5.41) is 3.23. The van der Waals surface area contributed by atoms with E-state index in [4.69, 9.17) is 9.47 Å². The standard InChI is InChI=1S/C17H22N4O2/c1-3-9-21(10-4-2)16-7-8-18-17(20-16)19-13-5-6-14-15(11-13)23-12-22-14/h5-8,11H,3-4,9-10,12H2,1-2H3,(H,18,19,20). The molecule has 122 valence electrons. The topological polar surface area (TPSA) is 59.5 Å². The molecule has 1 aromatic carbocycles. The van der Waals surface area contributed by atoms with Crippen molar-refractivity contribution < 1.29 is 9.47 Å². The molecule has 1 N–H and O–H groups in total. The molecule has 2 heterocycles. The van der Waals surface area contributed by atoms with Gasteiger partial charge >= 0.3 is 0 Å². The molecule has 1 aliphatic heterocycles. The van der Waals surface area contributed by atoms with Crippen molar-refractivity contribution in [2.24, 2.45) is 0 Å². The highest BCUT2D eigenvalue weighted by Gasteiger charge is 2.14. The first kappa shape index (κ1) is 15.4. The van der Waals surface area contributed by atoms with Gasteiger partial charge in [-0.15, -0.1) is 0 Å². The minimum atomic E-state index is 0.272. The van der Waals surface area contributed by atoms with Crippen molar-refractivity contribution in [3.05, 3.63) is 30.5 Å². The average Bonchev–Trinajstić information content (AvgIpc) is 3.03. The number of aromatic nitrogens is 2. The van der Waals surface area contributed by atoms with Gasteiger partial charge in [0.15, 0.2) is 11.5 Å². The van der Waals surface area contributed by atoms with Gasteiger partial charge in [-0.2, -0.15) is 4.98 Å². The average molecular weight is 314 g/mol. The maximum absolute atomic E-state index is 5.39. The molecule has 23 heavy (non-hydrogen) atoms. The van der Waals surface area contributed by atoms with Crippen LogP contribution in [0.4, 0.5) is 17.5 Å². The van der Waals surface area contributed by atoms with Gasteiger partial charge in [-0.1, -0.05) is 13.8 Å². The molecular formula is C17H22N4O2. The molecule has 3 rings (SSSR count). The Hall–Kier alpha value is -2.50. The van der Waals surface area contributed by atoms with Crippen molar-refractivity contribution in [1.29, 1.82) is 0 Å². The molecule has 0 bridgehead atoms. The zero-order valence-electron chi connectivity index (χ0n) is 13.6. The number of nitrogens with one attached hydrogen (secondary N) is 1. The van der Waals surface area contributed by atoms with Gasteiger partial charge in [-0.3, -0.25) is 0 Å². The highest BCUT2D eigenvalue weighted by atomic mass is 16.7.